The quantitative estimate of drug-likeness (QED) is 0.641. The van der Waals surface area contributed by atoms with Crippen LogP contribution in [-0.2, 0) is 21.3 Å². The highest BCUT2D eigenvalue weighted by Crippen LogP contribution is 2.32. The van der Waals surface area contributed by atoms with Crippen molar-refractivity contribution in [2.45, 2.75) is 36.7 Å². The summed E-state index contributed by atoms with van der Waals surface area (Å²) in [6.07, 6.45) is 3.10. The topological polar surface area (TPSA) is 67.4 Å². The molecule has 0 aromatic carbocycles. The van der Waals surface area contributed by atoms with Gasteiger partial charge in [-0.05, 0) is 41.3 Å². The predicted molar refractivity (Wildman–Crippen MR) is 83.6 cm³/mol. The molecule has 1 aliphatic carbocycles. The largest absolute Gasteiger partial charge is 0.385 e. The van der Waals surface area contributed by atoms with Gasteiger partial charge in [0, 0.05) is 37.7 Å². The molecule has 0 saturated heterocycles. The summed E-state index contributed by atoms with van der Waals surface area (Å²) in [4.78, 5) is 1.36. The lowest BCUT2D eigenvalue weighted by Crippen LogP contribution is -2.25. The van der Waals surface area contributed by atoms with Gasteiger partial charge in [0.15, 0.2) is 0 Å². The Labute approximate surface area is 132 Å². The van der Waals surface area contributed by atoms with E-state index in [9.17, 15) is 8.42 Å². The van der Waals surface area contributed by atoms with Gasteiger partial charge in [-0.1, -0.05) is 0 Å². The van der Waals surface area contributed by atoms with Crippen LogP contribution in [0.15, 0.2) is 14.7 Å². The van der Waals surface area contributed by atoms with Crippen molar-refractivity contribution in [1.29, 1.82) is 0 Å². The van der Waals surface area contributed by atoms with Crippen molar-refractivity contribution < 1.29 is 13.2 Å². The maximum atomic E-state index is 12.2. The highest BCUT2D eigenvalue weighted by molar-refractivity contribution is 9.11. The van der Waals surface area contributed by atoms with E-state index in [2.05, 4.69) is 26.0 Å². The van der Waals surface area contributed by atoms with Crippen molar-refractivity contribution in [2.24, 2.45) is 0 Å². The summed E-state index contributed by atoms with van der Waals surface area (Å²) in [5.74, 6) is 0. The summed E-state index contributed by atoms with van der Waals surface area (Å²) < 4.78 is 32.5. The van der Waals surface area contributed by atoms with E-state index < -0.39 is 10.0 Å². The van der Waals surface area contributed by atoms with Crippen LogP contribution in [0.2, 0.25) is 0 Å². The molecule has 8 heteroatoms. The van der Waals surface area contributed by atoms with Gasteiger partial charge in [0.05, 0.1) is 3.79 Å². The molecule has 0 atom stereocenters. The zero-order valence-corrected chi connectivity index (χ0v) is 14.5. The van der Waals surface area contributed by atoms with Crippen molar-refractivity contribution in [3.8, 4) is 0 Å². The Morgan fingerprint density at radius 3 is 2.90 bits per heavy atom. The predicted octanol–water partition coefficient (Wildman–Crippen LogP) is 2.08. The van der Waals surface area contributed by atoms with Crippen LogP contribution in [0.25, 0.3) is 0 Å². The summed E-state index contributed by atoms with van der Waals surface area (Å²) >= 11 is 4.81. The molecule has 0 radical (unpaired) electrons. The molecular formula is C12H19BrN2O3S2. The highest BCUT2D eigenvalue weighted by Gasteiger charge is 2.23. The van der Waals surface area contributed by atoms with Crippen LogP contribution in [-0.4, -0.2) is 34.7 Å². The number of rotatable bonds is 9. The summed E-state index contributed by atoms with van der Waals surface area (Å²) in [5.41, 5.74) is 0. The van der Waals surface area contributed by atoms with Gasteiger partial charge in [-0.3, -0.25) is 0 Å². The monoisotopic (exact) mass is 382 g/mol. The Morgan fingerprint density at radius 1 is 1.50 bits per heavy atom. The van der Waals surface area contributed by atoms with Gasteiger partial charge < -0.3 is 10.1 Å². The number of hydrogen-bond acceptors (Lipinski definition) is 5. The minimum atomic E-state index is -3.44. The summed E-state index contributed by atoms with van der Waals surface area (Å²) in [7, 11) is -1.84. The number of methoxy groups -OCH3 is 1. The van der Waals surface area contributed by atoms with E-state index in [-0.39, 0.29) is 0 Å². The second kappa shape index (κ2) is 7.33. The van der Waals surface area contributed by atoms with Gasteiger partial charge >= 0.3 is 0 Å². The lowest BCUT2D eigenvalue weighted by Gasteiger charge is -2.05. The Kier molecular flexibility index (Phi) is 6.00. The first-order chi connectivity index (χ1) is 9.53. The molecule has 20 heavy (non-hydrogen) atoms. The first kappa shape index (κ1) is 16.4. The normalized spacial score (nSPS) is 15.7. The van der Waals surface area contributed by atoms with Crippen LogP contribution in [0.5, 0.6) is 0 Å². The van der Waals surface area contributed by atoms with Crippen molar-refractivity contribution in [3.05, 3.63) is 14.7 Å². The molecule has 1 aliphatic rings. The summed E-state index contributed by atoms with van der Waals surface area (Å²) in [6, 6.07) is 2.35. The molecule has 1 aromatic rings. The van der Waals surface area contributed by atoms with Crippen LogP contribution in [0.4, 0.5) is 0 Å². The van der Waals surface area contributed by atoms with E-state index in [1.54, 1.807) is 13.2 Å². The second-order valence-corrected chi connectivity index (χ2v) is 8.94. The highest BCUT2D eigenvalue weighted by atomic mass is 79.9. The molecule has 0 aliphatic heterocycles. The standard InChI is InChI=1S/C12H19BrN2O3S2/c1-18-6-2-5-15-20(16,17)11-7-10(19-12(11)13)8-14-9-3-4-9/h7,9,14-15H,2-6,8H2,1H3. The van der Waals surface area contributed by atoms with Crippen molar-refractivity contribution in [2.75, 3.05) is 20.3 Å². The molecule has 1 aromatic heterocycles. The van der Waals surface area contributed by atoms with Crippen LogP contribution in [0.1, 0.15) is 24.1 Å². The number of halogens is 1. The van der Waals surface area contributed by atoms with Gasteiger partial charge in [-0.2, -0.15) is 0 Å². The SMILES string of the molecule is COCCCNS(=O)(=O)c1cc(CNC2CC2)sc1Br. The first-order valence-electron chi connectivity index (χ1n) is 6.53. The van der Waals surface area contributed by atoms with E-state index in [1.807, 2.05) is 0 Å². The fourth-order valence-electron chi connectivity index (χ4n) is 1.70. The van der Waals surface area contributed by atoms with E-state index in [0.29, 0.717) is 34.3 Å². The Hall–Kier alpha value is 0.01000. The Bertz CT molecular complexity index is 541. The van der Waals surface area contributed by atoms with E-state index in [4.69, 9.17) is 4.74 Å². The Morgan fingerprint density at radius 2 is 2.25 bits per heavy atom. The molecule has 1 fully saturated rings. The number of hydrogen-bond donors (Lipinski definition) is 2. The minimum absolute atomic E-state index is 0.326. The molecule has 0 unspecified atom stereocenters. The third-order valence-corrected chi connectivity index (χ3v) is 6.67. The van der Waals surface area contributed by atoms with E-state index >= 15 is 0 Å². The molecule has 0 amide bonds. The Balaban J connectivity index is 1.94. The molecule has 2 N–H and O–H groups in total. The smallest absolute Gasteiger partial charge is 0.242 e. The van der Waals surface area contributed by atoms with Crippen molar-refractivity contribution >= 4 is 37.3 Å². The average Bonchev–Trinajstić information content (AvgIpc) is 3.15. The molecule has 0 bridgehead atoms. The van der Waals surface area contributed by atoms with Crippen LogP contribution in [0, 0.1) is 0 Å². The number of nitrogens with one attached hydrogen (secondary N) is 2. The molecule has 1 saturated carbocycles. The van der Waals surface area contributed by atoms with Gasteiger partial charge in [0.1, 0.15) is 4.90 Å². The number of ether oxygens (including phenoxy) is 1. The summed E-state index contributed by atoms with van der Waals surface area (Å²) in [5, 5.41) is 3.38. The molecule has 2 rings (SSSR count). The maximum absolute atomic E-state index is 12.2. The van der Waals surface area contributed by atoms with E-state index in [1.165, 1.54) is 24.2 Å². The molecule has 114 valence electrons. The molecular weight excluding hydrogens is 364 g/mol. The average molecular weight is 383 g/mol. The number of sulfonamides is 1. The first-order valence-corrected chi connectivity index (χ1v) is 9.62. The van der Waals surface area contributed by atoms with Crippen molar-refractivity contribution in [3.63, 3.8) is 0 Å². The maximum Gasteiger partial charge on any atom is 0.242 e. The van der Waals surface area contributed by atoms with Crippen molar-refractivity contribution in [1.82, 2.24) is 10.0 Å². The third kappa shape index (κ3) is 4.78. The number of thiophene rings is 1. The third-order valence-electron chi connectivity index (χ3n) is 2.96. The fraction of sp³-hybridized carbons (Fsp3) is 0.667. The minimum Gasteiger partial charge on any atom is -0.385 e. The fourth-order valence-corrected chi connectivity index (χ4v) is 5.41. The van der Waals surface area contributed by atoms with Crippen LogP contribution >= 0.6 is 27.3 Å². The van der Waals surface area contributed by atoms with E-state index in [0.717, 1.165) is 11.4 Å². The van der Waals surface area contributed by atoms with Gasteiger partial charge in [0.2, 0.25) is 10.0 Å². The molecule has 1 heterocycles. The van der Waals surface area contributed by atoms with Crippen LogP contribution in [0.3, 0.4) is 0 Å². The lowest BCUT2D eigenvalue weighted by atomic mass is 10.4. The summed E-state index contributed by atoms with van der Waals surface area (Å²) in [6.45, 7) is 1.66. The van der Waals surface area contributed by atoms with Crippen LogP contribution < -0.4 is 10.0 Å². The van der Waals surface area contributed by atoms with Gasteiger partial charge in [0.25, 0.3) is 0 Å². The van der Waals surface area contributed by atoms with Gasteiger partial charge in [-0.25, -0.2) is 13.1 Å². The second-order valence-electron chi connectivity index (χ2n) is 4.75. The lowest BCUT2D eigenvalue weighted by molar-refractivity contribution is 0.196. The molecule has 5 nitrogen and oxygen atoms in total. The van der Waals surface area contributed by atoms with Gasteiger partial charge in [-0.15, -0.1) is 11.3 Å². The molecule has 0 spiro atoms. The zero-order chi connectivity index (χ0) is 14.6. The zero-order valence-electron chi connectivity index (χ0n) is 11.3.